The Morgan fingerprint density at radius 1 is 1.07 bits per heavy atom. The first-order valence-corrected chi connectivity index (χ1v) is 5.85. The highest BCUT2D eigenvalue weighted by molar-refractivity contribution is 4.84. The van der Waals surface area contributed by atoms with E-state index in [1.807, 2.05) is 0 Å². The first-order chi connectivity index (χ1) is 6.75. The van der Waals surface area contributed by atoms with E-state index in [0.29, 0.717) is 12.0 Å². The van der Waals surface area contributed by atoms with E-state index < -0.39 is 0 Å². The summed E-state index contributed by atoms with van der Waals surface area (Å²) in [5.74, 6) is 0.623. The quantitative estimate of drug-likeness (QED) is 0.625. The zero-order valence-corrected chi connectivity index (χ0v) is 8.65. The molecule has 0 aliphatic heterocycles. The molecule has 0 aromatic heterocycles. The van der Waals surface area contributed by atoms with E-state index in [-0.39, 0.29) is 12.2 Å². The van der Waals surface area contributed by atoms with Crippen LogP contribution in [-0.2, 0) is 0 Å². The lowest BCUT2D eigenvalue weighted by Gasteiger charge is -2.19. The molecule has 14 heavy (non-hydrogen) atoms. The van der Waals surface area contributed by atoms with Gasteiger partial charge in [-0.25, -0.2) is 0 Å². The highest BCUT2D eigenvalue weighted by Crippen LogP contribution is 2.25. The van der Waals surface area contributed by atoms with Gasteiger partial charge in [-0.1, -0.05) is 0 Å². The second-order valence-electron chi connectivity index (χ2n) is 4.85. The fourth-order valence-electron chi connectivity index (χ4n) is 2.73. The molecule has 4 atom stereocenters. The highest BCUT2D eigenvalue weighted by Gasteiger charge is 2.27. The molecule has 0 aromatic carbocycles. The van der Waals surface area contributed by atoms with Crippen LogP contribution in [0, 0.1) is 5.92 Å². The van der Waals surface area contributed by atoms with Crippen LogP contribution in [0.25, 0.3) is 0 Å². The van der Waals surface area contributed by atoms with Gasteiger partial charge in [-0.15, -0.1) is 0 Å². The van der Waals surface area contributed by atoms with E-state index in [1.165, 1.54) is 0 Å². The van der Waals surface area contributed by atoms with Crippen LogP contribution in [0.2, 0.25) is 0 Å². The Bertz CT molecular complexity index is 186. The molecule has 82 valence electrons. The second-order valence-corrected chi connectivity index (χ2v) is 4.85. The van der Waals surface area contributed by atoms with E-state index in [4.69, 9.17) is 0 Å². The van der Waals surface area contributed by atoms with Crippen molar-refractivity contribution >= 4 is 0 Å². The average molecular weight is 199 g/mol. The Morgan fingerprint density at radius 2 is 1.93 bits per heavy atom. The van der Waals surface area contributed by atoms with Gasteiger partial charge in [0.15, 0.2) is 0 Å². The summed E-state index contributed by atoms with van der Waals surface area (Å²) >= 11 is 0. The van der Waals surface area contributed by atoms with Crippen LogP contribution in [0.15, 0.2) is 0 Å². The van der Waals surface area contributed by atoms with Crippen LogP contribution in [0.1, 0.15) is 38.5 Å². The minimum Gasteiger partial charge on any atom is -0.393 e. The fraction of sp³-hybridized carbons (Fsp3) is 1.00. The smallest absolute Gasteiger partial charge is 0.0693 e. The molecule has 0 heterocycles. The van der Waals surface area contributed by atoms with Crippen LogP contribution >= 0.6 is 0 Å². The molecule has 0 saturated heterocycles. The van der Waals surface area contributed by atoms with Crippen LogP contribution in [0.3, 0.4) is 0 Å². The largest absolute Gasteiger partial charge is 0.393 e. The van der Waals surface area contributed by atoms with Crippen LogP contribution in [-0.4, -0.2) is 35.0 Å². The number of hydrogen-bond donors (Lipinski definition) is 3. The van der Waals surface area contributed by atoms with Crippen molar-refractivity contribution in [2.24, 2.45) is 5.92 Å². The number of aliphatic hydroxyl groups excluding tert-OH is 2. The van der Waals surface area contributed by atoms with Gasteiger partial charge < -0.3 is 15.5 Å². The zero-order valence-electron chi connectivity index (χ0n) is 8.65. The van der Waals surface area contributed by atoms with Gasteiger partial charge in [0, 0.05) is 6.04 Å². The van der Waals surface area contributed by atoms with Crippen molar-refractivity contribution in [3.63, 3.8) is 0 Å². The molecule has 3 N–H and O–H groups in total. The molecular formula is C11H21NO2. The minimum atomic E-state index is -0.138. The van der Waals surface area contributed by atoms with Gasteiger partial charge in [-0.2, -0.15) is 0 Å². The van der Waals surface area contributed by atoms with Crippen LogP contribution in [0.4, 0.5) is 0 Å². The summed E-state index contributed by atoms with van der Waals surface area (Å²) < 4.78 is 0. The molecule has 0 spiro atoms. The molecule has 0 amide bonds. The van der Waals surface area contributed by atoms with Crippen LogP contribution < -0.4 is 5.32 Å². The molecular weight excluding hydrogens is 178 g/mol. The lowest BCUT2D eigenvalue weighted by molar-refractivity contribution is 0.145. The molecule has 0 radical (unpaired) electrons. The van der Waals surface area contributed by atoms with Crippen molar-refractivity contribution in [2.45, 2.75) is 56.8 Å². The van der Waals surface area contributed by atoms with Crippen LogP contribution in [0.5, 0.6) is 0 Å². The maximum absolute atomic E-state index is 9.60. The van der Waals surface area contributed by atoms with Gasteiger partial charge in [0.1, 0.15) is 0 Å². The van der Waals surface area contributed by atoms with E-state index in [0.717, 1.165) is 45.1 Å². The van der Waals surface area contributed by atoms with Crippen molar-refractivity contribution in [1.29, 1.82) is 0 Å². The molecule has 0 aromatic rings. The lowest BCUT2D eigenvalue weighted by atomic mass is 10.1. The standard InChI is InChI=1S/C11H21NO2/c13-9-5-4-8(6-9)7-12-10-2-1-3-11(10)14/h8-14H,1-7H2/t8?,9?,10-,11-/m1/s1. The lowest BCUT2D eigenvalue weighted by Crippen LogP contribution is -2.38. The Labute approximate surface area is 85.5 Å². The van der Waals surface area contributed by atoms with E-state index in [9.17, 15) is 10.2 Å². The third kappa shape index (κ3) is 2.47. The first-order valence-electron chi connectivity index (χ1n) is 5.85. The summed E-state index contributed by atoms with van der Waals surface area (Å²) in [6.45, 7) is 0.971. The zero-order chi connectivity index (χ0) is 9.97. The number of hydrogen-bond acceptors (Lipinski definition) is 3. The summed E-state index contributed by atoms with van der Waals surface area (Å²) in [4.78, 5) is 0. The molecule has 2 aliphatic rings. The third-order valence-electron chi connectivity index (χ3n) is 3.66. The molecule has 2 saturated carbocycles. The average Bonchev–Trinajstić information content (AvgIpc) is 2.72. The van der Waals surface area contributed by atoms with Gasteiger partial charge >= 0.3 is 0 Å². The second kappa shape index (κ2) is 4.60. The fourth-order valence-corrected chi connectivity index (χ4v) is 2.73. The molecule has 2 rings (SSSR count). The van der Waals surface area contributed by atoms with Crippen molar-refractivity contribution in [3.8, 4) is 0 Å². The van der Waals surface area contributed by atoms with Crippen molar-refractivity contribution in [1.82, 2.24) is 5.32 Å². The minimum absolute atomic E-state index is 0.0738. The Hall–Kier alpha value is -0.120. The van der Waals surface area contributed by atoms with Gasteiger partial charge in [-0.3, -0.25) is 0 Å². The maximum atomic E-state index is 9.60. The SMILES string of the molecule is OC1CCC(CN[C@@H]2CCC[C@H]2O)C1. The summed E-state index contributed by atoms with van der Waals surface area (Å²) in [7, 11) is 0. The predicted molar refractivity (Wildman–Crippen MR) is 55.0 cm³/mol. The van der Waals surface area contributed by atoms with Gasteiger partial charge in [0.05, 0.1) is 12.2 Å². The first kappa shape index (κ1) is 10.4. The van der Waals surface area contributed by atoms with Gasteiger partial charge in [-0.05, 0) is 51.0 Å². The Balaban J connectivity index is 1.67. The van der Waals surface area contributed by atoms with E-state index >= 15 is 0 Å². The topological polar surface area (TPSA) is 52.5 Å². The molecule has 3 nitrogen and oxygen atoms in total. The van der Waals surface area contributed by atoms with Crippen molar-refractivity contribution in [2.75, 3.05) is 6.54 Å². The number of nitrogens with one attached hydrogen (secondary N) is 1. The molecule has 0 bridgehead atoms. The maximum Gasteiger partial charge on any atom is 0.0693 e. The summed E-state index contributed by atoms with van der Waals surface area (Å²) in [6, 6.07) is 0.313. The third-order valence-corrected chi connectivity index (χ3v) is 3.66. The van der Waals surface area contributed by atoms with Gasteiger partial charge in [0.25, 0.3) is 0 Å². The Kier molecular flexibility index (Phi) is 3.42. The normalized spacial score (nSPS) is 43.3. The van der Waals surface area contributed by atoms with E-state index in [2.05, 4.69) is 5.32 Å². The molecule has 2 unspecified atom stereocenters. The molecule has 2 aliphatic carbocycles. The summed E-state index contributed by atoms with van der Waals surface area (Å²) in [5, 5.41) is 22.4. The van der Waals surface area contributed by atoms with Crippen molar-refractivity contribution < 1.29 is 10.2 Å². The van der Waals surface area contributed by atoms with Gasteiger partial charge in [0.2, 0.25) is 0 Å². The summed E-state index contributed by atoms with van der Waals surface area (Å²) in [5.41, 5.74) is 0. The molecule has 2 fully saturated rings. The Morgan fingerprint density at radius 3 is 2.50 bits per heavy atom. The number of aliphatic hydroxyl groups is 2. The van der Waals surface area contributed by atoms with Crippen molar-refractivity contribution in [3.05, 3.63) is 0 Å². The highest BCUT2D eigenvalue weighted by atomic mass is 16.3. The number of rotatable bonds is 3. The monoisotopic (exact) mass is 199 g/mol. The summed E-state index contributed by atoms with van der Waals surface area (Å²) in [6.07, 6.45) is 6.02. The predicted octanol–water partition coefficient (Wildman–Crippen LogP) is 0.650. The van der Waals surface area contributed by atoms with E-state index in [1.54, 1.807) is 0 Å². The molecule has 3 heteroatoms.